The number of carbonyl (C=O) groups is 2. The molecule has 0 aliphatic rings. The molecule has 0 fully saturated rings. The Bertz CT molecular complexity index is 861. The summed E-state index contributed by atoms with van der Waals surface area (Å²) in [5.74, 6) is -0.273. The van der Waals surface area contributed by atoms with E-state index in [2.05, 4.69) is 15.6 Å². The maximum atomic E-state index is 12.3. The highest BCUT2D eigenvalue weighted by atomic mass is 32.1. The first-order valence-corrected chi connectivity index (χ1v) is 7.97. The van der Waals surface area contributed by atoms with Crippen LogP contribution in [-0.4, -0.2) is 16.9 Å². The van der Waals surface area contributed by atoms with Crippen LogP contribution in [0.25, 0.3) is 10.6 Å². The van der Waals surface area contributed by atoms with Gasteiger partial charge in [0.2, 0.25) is 0 Å². The molecule has 0 saturated heterocycles. The van der Waals surface area contributed by atoms with Gasteiger partial charge in [0.15, 0.2) is 0 Å². The number of aromatic nitrogens is 1. The fraction of sp³-hybridized carbons (Fsp3) is 0. The van der Waals surface area contributed by atoms with Crippen LogP contribution in [0.1, 0.15) is 10.4 Å². The van der Waals surface area contributed by atoms with Gasteiger partial charge in [0.1, 0.15) is 5.01 Å². The number of primary amides is 1. The number of anilines is 2. The van der Waals surface area contributed by atoms with Gasteiger partial charge in [0, 0.05) is 34.1 Å². The van der Waals surface area contributed by atoms with Crippen LogP contribution in [0.2, 0.25) is 0 Å². The number of hydrogen-bond donors (Lipinski definition) is 3. The number of nitrogens with one attached hydrogen (secondary N) is 2. The van der Waals surface area contributed by atoms with Crippen molar-refractivity contribution >= 4 is 34.6 Å². The van der Waals surface area contributed by atoms with Crippen molar-refractivity contribution in [3.63, 3.8) is 0 Å². The molecule has 0 unspecified atom stereocenters. The molecular formula is C17H14N4O2S. The van der Waals surface area contributed by atoms with Crippen molar-refractivity contribution in [1.82, 2.24) is 4.98 Å². The predicted octanol–water partition coefficient (Wildman–Crippen LogP) is 3.55. The van der Waals surface area contributed by atoms with Crippen LogP contribution < -0.4 is 16.4 Å². The Hall–Kier alpha value is -3.19. The Morgan fingerprint density at radius 1 is 1.00 bits per heavy atom. The van der Waals surface area contributed by atoms with E-state index >= 15 is 0 Å². The number of rotatable bonds is 4. The highest BCUT2D eigenvalue weighted by Crippen LogP contribution is 2.23. The van der Waals surface area contributed by atoms with Crippen LogP contribution in [0.5, 0.6) is 0 Å². The molecule has 24 heavy (non-hydrogen) atoms. The average Bonchev–Trinajstić information content (AvgIpc) is 3.09. The van der Waals surface area contributed by atoms with E-state index in [0.29, 0.717) is 16.9 Å². The first kappa shape index (κ1) is 15.7. The fourth-order valence-corrected chi connectivity index (χ4v) is 2.79. The summed E-state index contributed by atoms with van der Waals surface area (Å²) in [7, 11) is 0. The molecule has 1 heterocycles. The summed E-state index contributed by atoms with van der Waals surface area (Å²) in [6, 6.07) is 13.3. The van der Waals surface area contributed by atoms with Gasteiger partial charge in [-0.3, -0.25) is 4.79 Å². The second-order valence-electron chi connectivity index (χ2n) is 4.94. The molecule has 0 bridgehead atoms. The monoisotopic (exact) mass is 338 g/mol. The van der Waals surface area contributed by atoms with Crippen molar-refractivity contribution in [2.24, 2.45) is 5.73 Å². The van der Waals surface area contributed by atoms with Crippen molar-refractivity contribution in [2.45, 2.75) is 0 Å². The van der Waals surface area contributed by atoms with Gasteiger partial charge in [0.05, 0.1) is 0 Å². The van der Waals surface area contributed by atoms with Gasteiger partial charge in [-0.15, -0.1) is 11.3 Å². The van der Waals surface area contributed by atoms with E-state index in [0.717, 1.165) is 10.6 Å². The van der Waals surface area contributed by atoms with Crippen LogP contribution in [0, 0.1) is 0 Å². The minimum Gasteiger partial charge on any atom is -0.351 e. The van der Waals surface area contributed by atoms with Gasteiger partial charge in [-0.25, -0.2) is 9.78 Å². The van der Waals surface area contributed by atoms with Crippen LogP contribution in [0.15, 0.2) is 60.1 Å². The standard InChI is InChI=1S/C17H14N4O2S/c18-17(23)21-14-3-1-2-12(10-14)15(22)20-13-6-4-11(5-7-13)16-19-8-9-24-16/h1-10H,(H,20,22)(H3,18,21,23). The van der Waals surface area contributed by atoms with E-state index < -0.39 is 6.03 Å². The molecule has 3 rings (SSSR count). The number of hydrogen-bond acceptors (Lipinski definition) is 4. The molecule has 120 valence electrons. The molecule has 3 amide bonds. The highest BCUT2D eigenvalue weighted by Gasteiger charge is 2.08. The molecule has 2 aromatic carbocycles. The van der Waals surface area contributed by atoms with Crippen LogP contribution in [-0.2, 0) is 0 Å². The second kappa shape index (κ2) is 6.93. The molecule has 0 aliphatic carbocycles. The largest absolute Gasteiger partial charge is 0.351 e. The van der Waals surface area contributed by atoms with Gasteiger partial charge in [-0.1, -0.05) is 6.07 Å². The summed E-state index contributed by atoms with van der Waals surface area (Å²) in [5, 5.41) is 8.10. The molecule has 3 aromatic rings. The number of nitrogens with zero attached hydrogens (tertiary/aromatic N) is 1. The van der Waals surface area contributed by atoms with E-state index in [-0.39, 0.29) is 5.91 Å². The minimum atomic E-state index is -0.676. The van der Waals surface area contributed by atoms with Crippen molar-refractivity contribution in [3.05, 3.63) is 65.7 Å². The summed E-state index contributed by atoms with van der Waals surface area (Å²) < 4.78 is 0. The van der Waals surface area contributed by atoms with Crippen molar-refractivity contribution < 1.29 is 9.59 Å². The fourth-order valence-electron chi connectivity index (χ4n) is 2.15. The molecule has 1 aromatic heterocycles. The third-order valence-corrected chi connectivity index (χ3v) is 4.04. The second-order valence-corrected chi connectivity index (χ2v) is 5.83. The van der Waals surface area contributed by atoms with E-state index in [1.807, 2.05) is 29.6 Å². The third-order valence-electron chi connectivity index (χ3n) is 3.21. The normalized spacial score (nSPS) is 10.2. The minimum absolute atomic E-state index is 0.273. The maximum absolute atomic E-state index is 12.3. The summed E-state index contributed by atoms with van der Waals surface area (Å²) >= 11 is 1.56. The lowest BCUT2D eigenvalue weighted by atomic mass is 10.1. The first-order valence-electron chi connectivity index (χ1n) is 7.09. The lowest BCUT2D eigenvalue weighted by Gasteiger charge is -2.08. The van der Waals surface area contributed by atoms with Gasteiger partial charge in [-0.05, 0) is 42.5 Å². The first-order chi connectivity index (χ1) is 11.6. The molecule has 4 N–H and O–H groups in total. The Balaban J connectivity index is 1.71. The van der Waals surface area contributed by atoms with E-state index in [9.17, 15) is 9.59 Å². The number of carbonyl (C=O) groups excluding carboxylic acids is 2. The number of benzene rings is 2. The topological polar surface area (TPSA) is 97.1 Å². The van der Waals surface area contributed by atoms with Crippen molar-refractivity contribution in [3.8, 4) is 10.6 Å². The average molecular weight is 338 g/mol. The van der Waals surface area contributed by atoms with E-state index in [1.54, 1.807) is 41.8 Å². The van der Waals surface area contributed by atoms with Gasteiger partial charge in [-0.2, -0.15) is 0 Å². The Labute approximate surface area is 142 Å². The predicted molar refractivity (Wildman–Crippen MR) is 95.2 cm³/mol. The molecule has 0 radical (unpaired) electrons. The lowest BCUT2D eigenvalue weighted by molar-refractivity contribution is 0.102. The molecule has 0 spiro atoms. The third kappa shape index (κ3) is 3.76. The summed E-state index contributed by atoms with van der Waals surface area (Å²) in [6.07, 6.45) is 1.75. The summed E-state index contributed by atoms with van der Waals surface area (Å²) in [5.41, 5.74) is 7.63. The van der Waals surface area contributed by atoms with E-state index in [1.165, 1.54) is 0 Å². The van der Waals surface area contributed by atoms with Crippen molar-refractivity contribution in [1.29, 1.82) is 0 Å². The van der Waals surface area contributed by atoms with E-state index in [4.69, 9.17) is 5.73 Å². The zero-order chi connectivity index (χ0) is 16.9. The number of nitrogens with two attached hydrogens (primary N) is 1. The number of thiazole rings is 1. The summed E-state index contributed by atoms with van der Waals surface area (Å²) in [6.45, 7) is 0. The molecule has 0 atom stereocenters. The van der Waals surface area contributed by atoms with Gasteiger partial charge in [0.25, 0.3) is 5.91 Å². The SMILES string of the molecule is NC(=O)Nc1cccc(C(=O)Nc2ccc(-c3nccs3)cc2)c1. The van der Waals surface area contributed by atoms with Crippen molar-refractivity contribution in [2.75, 3.05) is 10.6 Å². The smallest absolute Gasteiger partial charge is 0.316 e. The van der Waals surface area contributed by atoms with Gasteiger partial charge >= 0.3 is 6.03 Å². The molecule has 7 heteroatoms. The quantitative estimate of drug-likeness (QED) is 0.678. The van der Waals surface area contributed by atoms with Crippen LogP contribution in [0.3, 0.4) is 0 Å². The molecule has 0 aliphatic heterocycles. The van der Waals surface area contributed by atoms with Gasteiger partial charge < -0.3 is 16.4 Å². The maximum Gasteiger partial charge on any atom is 0.316 e. The number of urea groups is 1. The number of amides is 3. The van der Waals surface area contributed by atoms with Crippen LogP contribution >= 0.6 is 11.3 Å². The Morgan fingerprint density at radius 2 is 1.79 bits per heavy atom. The zero-order valence-corrected chi connectivity index (χ0v) is 13.3. The highest BCUT2D eigenvalue weighted by molar-refractivity contribution is 7.13. The Morgan fingerprint density at radius 3 is 2.46 bits per heavy atom. The molecule has 6 nitrogen and oxygen atoms in total. The summed E-state index contributed by atoms with van der Waals surface area (Å²) in [4.78, 5) is 27.4. The molecule has 0 saturated carbocycles. The lowest BCUT2D eigenvalue weighted by Crippen LogP contribution is -2.19. The zero-order valence-electron chi connectivity index (χ0n) is 12.5. The molecular weight excluding hydrogens is 324 g/mol. The Kier molecular flexibility index (Phi) is 4.53. The van der Waals surface area contributed by atoms with Crippen LogP contribution in [0.4, 0.5) is 16.2 Å².